The van der Waals surface area contributed by atoms with Gasteiger partial charge in [0.2, 0.25) is 5.91 Å². The molecule has 5 rings (SSSR count). The van der Waals surface area contributed by atoms with Crippen LogP contribution in [0.2, 0.25) is 5.02 Å². The molecule has 4 aromatic rings. The van der Waals surface area contributed by atoms with Gasteiger partial charge in [0.15, 0.2) is 0 Å². The number of anilines is 1. The minimum atomic E-state index is -0.386. The van der Waals surface area contributed by atoms with E-state index in [1.807, 2.05) is 110 Å². The smallest absolute Gasteiger partial charge is 0.254 e. The summed E-state index contributed by atoms with van der Waals surface area (Å²) in [5, 5.41) is 0.610. The Kier molecular flexibility index (Phi) is 8.41. The molecule has 1 aromatic heterocycles. The van der Waals surface area contributed by atoms with Gasteiger partial charge in [0.05, 0.1) is 17.1 Å². The van der Waals surface area contributed by atoms with Crippen LogP contribution in [0.15, 0.2) is 91.1 Å². The van der Waals surface area contributed by atoms with Crippen LogP contribution in [0.3, 0.4) is 0 Å². The second-order valence-corrected chi connectivity index (χ2v) is 11.1. The predicted octanol–water partition coefficient (Wildman–Crippen LogP) is 7.85. The molecule has 0 spiro atoms. The number of hydrogen-bond donors (Lipinski definition) is 0. The summed E-state index contributed by atoms with van der Waals surface area (Å²) in [5.41, 5.74) is 5.44. The zero-order valence-electron chi connectivity index (χ0n) is 23.4. The first kappa shape index (κ1) is 27.7. The zero-order valence-corrected chi connectivity index (χ0v) is 24.1. The van der Waals surface area contributed by atoms with Crippen LogP contribution in [-0.4, -0.2) is 33.9 Å². The molecule has 1 unspecified atom stereocenters. The highest BCUT2D eigenvalue weighted by atomic mass is 35.5. The first-order valence-corrected chi connectivity index (χ1v) is 14.5. The number of para-hydroxylation sites is 2. The summed E-state index contributed by atoms with van der Waals surface area (Å²) in [4.78, 5) is 31.5. The number of carbonyl (C=O) groups excluding carboxylic acids is 2. The molecule has 5 nitrogen and oxygen atoms in total. The fraction of sp³-hybridized carbons (Fsp3) is 0.294. The second-order valence-electron chi connectivity index (χ2n) is 10.7. The second kappa shape index (κ2) is 12.1. The van der Waals surface area contributed by atoms with E-state index in [-0.39, 0.29) is 30.4 Å². The molecule has 1 aliphatic rings. The van der Waals surface area contributed by atoms with E-state index in [2.05, 4.69) is 11.5 Å². The molecule has 0 aliphatic carbocycles. The van der Waals surface area contributed by atoms with Crippen LogP contribution in [-0.2, 0) is 11.2 Å². The molecule has 1 aliphatic heterocycles. The van der Waals surface area contributed by atoms with E-state index in [0.717, 1.165) is 35.5 Å². The van der Waals surface area contributed by atoms with Gasteiger partial charge in [0.1, 0.15) is 12.6 Å². The highest BCUT2D eigenvalue weighted by Crippen LogP contribution is 2.42. The average molecular weight is 554 g/mol. The lowest BCUT2D eigenvalue weighted by molar-refractivity contribution is -0.120. The quantitative estimate of drug-likeness (QED) is 0.198. The Morgan fingerprint density at radius 2 is 1.65 bits per heavy atom. The van der Waals surface area contributed by atoms with Gasteiger partial charge in [0.25, 0.3) is 5.91 Å². The summed E-state index contributed by atoms with van der Waals surface area (Å²) < 4.78 is 2.12. The molecule has 40 heavy (non-hydrogen) atoms. The first-order chi connectivity index (χ1) is 19.4. The van der Waals surface area contributed by atoms with E-state index in [0.29, 0.717) is 10.6 Å². The topological polar surface area (TPSA) is 45.6 Å². The van der Waals surface area contributed by atoms with Crippen LogP contribution in [0.25, 0.3) is 5.69 Å². The number of nitrogens with zero attached hydrogens (tertiary/aromatic N) is 3. The number of unbranched alkanes of at least 4 members (excludes halogenated alkanes) is 2. The third-order valence-corrected chi connectivity index (χ3v) is 7.85. The minimum Gasteiger partial charge on any atom is -0.327 e. The lowest BCUT2D eigenvalue weighted by Gasteiger charge is -2.40. The van der Waals surface area contributed by atoms with Crippen molar-refractivity contribution in [3.8, 4) is 5.69 Å². The largest absolute Gasteiger partial charge is 0.327 e. The summed E-state index contributed by atoms with van der Waals surface area (Å²) in [7, 11) is 0. The van der Waals surface area contributed by atoms with Crippen molar-refractivity contribution < 1.29 is 9.59 Å². The van der Waals surface area contributed by atoms with Crippen LogP contribution in [0.4, 0.5) is 5.69 Å². The number of halogens is 1. The maximum absolute atomic E-state index is 14.3. The number of hydrogen-bond acceptors (Lipinski definition) is 2. The summed E-state index contributed by atoms with van der Waals surface area (Å²) >= 11 is 6.41. The molecule has 0 radical (unpaired) electrons. The molecular weight excluding hydrogens is 518 g/mol. The fourth-order valence-corrected chi connectivity index (χ4v) is 5.72. The molecule has 0 bridgehead atoms. The monoisotopic (exact) mass is 553 g/mol. The third-order valence-electron chi connectivity index (χ3n) is 7.61. The number of benzene rings is 3. The van der Waals surface area contributed by atoms with Gasteiger partial charge in [0, 0.05) is 22.8 Å². The Hall–Kier alpha value is -3.83. The average Bonchev–Trinajstić information content (AvgIpc) is 3.45. The number of aryl methyl sites for hydroxylation is 1. The number of carbonyl (C=O) groups is 2. The summed E-state index contributed by atoms with van der Waals surface area (Å²) in [6.07, 6.45) is 6.55. The maximum atomic E-state index is 14.3. The van der Waals surface area contributed by atoms with Crippen molar-refractivity contribution in [2.24, 2.45) is 0 Å². The van der Waals surface area contributed by atoms with E-state index < -0.39 is 0 Å². The summed E-state index contributed by atoms with van der Waals surface area (Å²) in [6.45, 7) is 6.06. The molecule has 2 heterocycles. The van der Waals surface area contributed by atoms with Crippen molar-refractivity contribution in [3.05, 3.63) is 119 Å². The van der Waals surface area contributed by atoms with E-state index in [9.17, 15) is 9.59 Å². The summed E-state index contributed by atoms with van der Waals surface area (Å²) in [6, 6.07) is 26.9. The highest BCUT2D eigenvalue weighted by Gasteiger charge is 2.37. The normalized spacial score (nSPS) is 14.1. The predicted molar refractivity (Wildman–Crippen MR) is 162 cm³/mol. The van der Waals surface area contributed by atoms with Gasteiger partial charge < -0.3 is 9.47 Å². The van der Waals surface area contributed by atoms with Crippen molar-refractivity contribution >= 4 is 29.1 Å². The van der Waals surface area contributed by atoms with Gasteiger partial charge in [-0.15, -0.1) is 0 Å². The van der Waals surface area contributed by atoms with Crippen molar-refractivity contribution in [1.29, 1.82) is 0 Å². The Balaban J connectivity index is 1.47. The molecule has 0 saturated carbocycles. The van der Waals surface area contributed by atoms with Crippen molar-refractivity contribution in [3.63, 3.8) is 0 Å². The number of rotatable bonds is 9. The van der Waals surface area contributed by atoms with Gasteiger partial charge >= 0.3 is 0 Å². The molecule has 0 N–H and O–H groups in total. The van der Waals surface area contributed by atoms with Gasteiger partial charge in [-0.1, -0.05) is 67.8 Å². The molecule has 1 atom stereocenters. The molecule has 6 heteroatoms. The molecule has 0 fully saturated rings. The maximum Gasteiger partial charge on any atom is 0.254 e. The first-order valence-electron chi connectivity index (χ1n) is 14.1. The Labute approximate surface area is 242 Å². The van der Waals surface area contributed by atoms with Crippen LogP contribution in [0.5, 0.6) is 0 Å². The lowest BCUT2D eigenvalue weighted by atomic mass is 9.97. The van der Waals surface area contributed by atoms with Crippen LogP contribution < -0.4 is 4.90 Å². The van der Waals surface area contributed by atoms with Crippen LogP contribution >= 0.6 is 11.6 Å². The number of amides is 2. The van der Waals surface area contributed by atoms with Gasteiger partial charge in [-0.05, 0) is 86.3 Å². The van der Waals surface area contributed by atoms with E-state index in [4.69, 9.17) is 11.6 Å². The van der Waals surface area contributed by atoms with Gasteiger partial charge in [-0.2, -0.15) is 0 Å². The lowest BCUT2D eigenvalue weighted by Crippen LogP contribution is -2.48. The van der Waals surface area contributed by atoms with E-state index in [1.54, 1.807) is 4.90 Å². The SMILES string of the molecule is CCCCCc1ccc(C(=O)N(CC(=O)N2c3ccccc3-n3cccc3C2c2cccc(Cl)c2)C(C)C)cc1. The number of fused-ring (bicyclic) bond motifs is 3. The standard InChI is InChI=1S/C34H36ClN3O2/c1-4-5-6-11-25-17-19-26(20-18-25)34(40)37(24(2)3)23-32(39)38-30-15-8-7-14-29(30)36-21-10-16-31(36)33(38)27-12-9-13-28(35)22-27/h7-10,12-22,24,33H,4-6,11,23H2,1-3H3. The van der Waals surface area contributed by atoms with E-state index in [1.165, 1.54) is 18.4 Å². The van der Waals surface area contributed by atoms with Gasteiger partial charge in [-0.25, -0.2) is 0 Å². The minimum absolute atomic E-state index is 0.0408. The molecule has 0 saturated heterocycles. The Morgan fingerprint density at radius 3 is 2.35 bits per heavy atom. The van der Waals surface area contributed by atoms with Gasteiger partial charge in [-0.3, -0.25) is 14.5 Å². The third kappa shape index (κ3) is 5.57. The highest BCUT2D eigenvalue weighted by molar-refractivity contribution is 6.30. The Morgan fingerprint density at radius 1 is 0.900 bits per heavy atom. The van der Waals surface area contributed by atoms with Crippen molar-refractivity contribution in [2.45, 2.75) is 58.5 Å². The van der Waals surface area contributed by atoms with Crippen LogP contribution in [0.1, 0.15) is 73.3 Å². The fourth-order valence-electron chi connectivity index (χ4n) is 5.52. The Bertz CT molecular complexity index is 1490. The van der Waals surface area contributed by atoms with Crippen molar-refractivity contribution in [2.75, 3.05) is 11.4 Å². The number of aromatic nitrogens is 1. The summed E-state index contributed by atoms with van der Waals surface area (Å²) in [5.74, 6) is -0.292. The molecular formula is C34H36ClN3O2. The molecule has 2 amide bonds. The van der Waals surface area contributed by atoms with E-state index >= 15 is 0 Å². The van der Waals surface area contributed by atoms with Crippen molar-refractivity contribution in [1.82, 2.24) is 9.47 Å². The molecule has 3 aromatic carbocycles. The zero-order chi connectivity index (χ0) is 28.2. The molecule has 206 valence electrons. The van der Waals surface area contributed by atoms with Crippen LogP contribution in [0, 0.1) is 0 Å².